The summed E-state index contributed by atoms with van der Waals surface area (Å²) in [6.07, 6.45) is 0. The number of nitrogen functional groups attached to an aromatic ring is 1. The van der Waals surface area contributed by atoms with Crippen LogP contribution in [0.25, 0.3) is 0 Å². The van der Waals surface area contributed by atoms with E-state index in [-0.39, 0.29) is 16.3 Å². The maximum absolute atomic E-state index is 13.8. The van der Waals surface area contributed by atoms with Gasteiger partial charge in [0.05, 0.1) is 29.1 Å². The molecule has 0 heterocycles. The first-order valence-corrected chi connectivity index (χ1v) is 6.09. The van der Waals surface area contributed by atoms with Crippen molar-refractivity contribution >= 4 is 34.6 Å². The normalized spacial score (nSPS) is 10.2. The number of nitrogens with one attached hydrogen (secondary N) is 1. The minimum atomic E-state index is -0.596. The lowest BCUT2D eigenvalue weighted by Gasteiger charge is -2.12. The third kappa shape index (κ3) is 2.83. The fourth-order valence-electron chi connectivity index (χ4n) is 1.70. The number of anilines is 3. The monoisotopic (exact) mass is 294 g/mol. The molecular formula is C14H12ClFN2O2. The molecule has 0 aliphatic rings. The molecule has 2 aromatic carbocycles. The van der Waals surface area contributed by atoms with Crippen LogP contribution in [0.1, 0.15) is 10.4 Å². The molecular weight excluding hydrogens is 283 g/mol. The number of hydrogen-bond acceptors (Lipinski definition) is 4. The zero-order valence-corrected chi connectivity index (χ0v) is 11.4. The molecule has 0 atom stereocenters. The maximum Gasteiger partial charge on any atom is 0.340 e. The number of hydrogen-bond donors (Lipinski definition) is 2. The highest BCUT2D eigenvalue weighted by molar-refractivity contribution is 6.31. The van der Waals surface area contributed by atoms with E-state index in [0.29, 0.717) is 11.4 Å². The third-order valence-electron chi connectivity index (χ3n) is 2.67. The molecule has 2 aromatic rings. The number of benzene rings is 2. The van der Waals surface area contributed by atoms with Gasteiger partial charge in [0.25, 0.3) is 0 Å². The molecule has 0 saturated carbocycles. The maximum atomic E-state index is 13.8. The van der Waals surface area contributed by atoms with Crippen LogP contribution < -0.4 is 11.1 Å². The molecule has 0 saturated heterocycles. The predicted molar refractivity (Wildman–Crippen MR) is 76.9 cm³/mol. The van der Waals surface area contributed by atoms with E-state index in [0.717, 1.165) is 0 Å². The van der Waals surface area contributed by atoms with E-state index >= 15 is 0 Å². The molecule has 0 aliphatic heterocycles. The molecule has 6 heteroatoms. The molecule has 0 aromatic heterocycles. The van der Waals surface area contributed by atoms with E-state index in [1.807, 2.05) is 0 Å². The van der Waals surface area contributed by atoms with Gasteiger partial charge in [-0.15, -0.1) is 0 Å². The van der Waals surface area contributed by atoms with Gasteiger partial charge in [0.1, 0.15) is 0 Å². The first kappa shape index (κ1) is 14.1. The van der Waals surface area contributed by atoms with Crippen molar-refractivity contribution in [2.45, 2.75) is 0 Å². The summed E-state index contributed by atoms with van der Waals surface area (Å²) in [5.41, 5.74) is 6.80. The SMILES string of the molecule is COC(=O)c1cc(N)ccc1Nc1cccc(Cl)c1F. The van der Waals surface area contributed by atoms with Crippen molar-refractivity contribution in [3.63, 3.8) is 0 Å². The van der Waals surface area contributed by atoms with E-state index in [1.165, 1.54) is 25.3 Å². The van der Waals surface area contributed by atoms with Gasteiger partial charge in [-0.3, -0.25) is 0 Å². The van der Waals surface area contributed by atoms with Crippen molar-refractivity contribution in [2.24, 2.45) is 0 Å². The van der Waals surface area contributed by atoms with Crippen molar-refractivity contribution in [1.29, 1.82) is 0 Å². The quantitative estimate of drug-likeness (QED) is 0.671. The topological polar surface area (TPSA) is 64.3 Å². The Kier molecular flexibility index (Phi) is 4.10. The molecule has 3 N–H and O–H groups in total. The van der Waals surface area contributed by atoms with E-state index in [4.69, 9.17) is 17.3 Å². The first-order chi connectivity index (χ1) is 9.52. The Hall–Kier alpha value is -2.27. The summed E-state index contributed by atoms with van der Waals surface area (Å²) >= 11 is 5.71. The van der Waals surface area contributed by atoms with Crippen molar-refractivity contribution in [2.75, 3.05) is 18.2 Å². The summed E-state index contributed by atoms with van der Waals surface area (Å²) in [7, 11) is 1.26. The Morgan fingerprint density at radius 2 is 2.05 bits per heavy atom. The molecule has 0 bridgehead atoms. The van der Waals surface area contributed by atoms with Crippen molar-refractivity contribution in [3.05, 3.63) is 52.8 Å². The zero-order chi connectivity index (χ0) is 14.7. The first-order valence-electron chi connectivity index (χ1n) is 5.72. The van der Waals surface area contributed by atoms with E-state index < -0.39 is 11.8 Å². The Bertz CT molecular complexity index is 662. The Morgan fingerprint density at radius 1 is 1.30 bits per heavy atom. The second-order valence-electron chi connectivity index (χ2n) is 4.02. The average Bonchev–Trinajstić information content (AvgIpc) is 2.44. The number of methoxy groups -OCH3 is 1. The third-order valence-corrected chi connectivity index (χ3v) is 2.96. The highest BCUT2D eigenvalue weighted by Crippen LogP contribution is 2.28. The largest absolute Gasteiger partial charge is 0.465 e. The molecule has 0 unspecified atom stereocenters. The highest BCUT2D eigenvalue weighted by atomic mass is 35.5. The van der Waals surface area contributed by atoms with Crippen LogP contribution in [0, 0.1) is 5.82 Å². The lowest BCUT2D eigenvalue weighted by molar-refractivity contribution is 0.0602. The summed E-state index contributed by atoms with van der Waals surface area (Å²) in [6, 6.07) is 9.17. The van der Waals surface area contributed by atoms with Crippen molar-refractivity contribution in [3.8, 4) is 0 Å². The standard InChI is InChI=1S/C14H12ClFN2O2/c1-20-14(19)9-7-8(17)5-6-11(9)18-12-4-2-3-10(15)13(12)16/h2-7,18H,17H2,1H3. The second kappa shape index (κ2) is 5.79. The van der Waals surface area contributed by atoms with Gasteiger partial charge >= 0.3 is 5.97 Å². The number of carbonyl (C=O) groups excluding carboxylic acids is 1. The molecule has 4 nitrogen and oxygen atoms in total. The molecule has 0 fully saturated rings. The zero-order valence-electron chi connectivity index (χ0n) is 10.6. The number of carbonyl (C=O) groups is 1. The van der Waals surface area contributed by atoms with E-state index in [9.17, 15) is 9.18 Å². The van der Waals surface area contributed by atoms with Gasteiger partial charge in [0.15, 0.2) is 5.82 Å². The smallest absolute Gasteiger partial charge is 0.340 e. The highest BCUT2D eigenvalue weighted by Gasteiger charge is 2.14. The minimum absolute atomic E-state index is 0.00920. The summed E-state index contributed by atoms with van der Waals surface area (Å²) in [5.74, 6) is -1.16. The van der Waals surface area contributed by atoms with Gasteiger partial charge in [0, 0.05) is 5.69 Å². The van der Waals surface area contributed by atoms with Gasteiger partial charge in [-0.25, -0.2) is 9.18 Å². The van der Waals surface area contributed by atoms with Crippen LogP contribution >= 0.6 is 11.6 Å². The number of ether oxygens (including phenoxy) is 1. The summed E-state index contributed by atoms with van der Waals surface area (Å²) < 4.78 is 18.5. The Labute approximate surface area is 120 Å². The Balaban J connectivity index is 2.43. The van der Waals surface area contributed by atoms with Crippen LogP contribution in [0.15, 0.2) is 36.4 Å². The molecule has 2 rings (SSSR count). The van der Waals surface area contributed by atoms with Crippen LogP contribution in [-0.2, 0) is 4.74 Å². The van der Waals surface area contributed by atoms with Crippen molar-refractivity contribution < 1.29 is 13.9 Å². The lowest BCUT2D eigenvalue weighted by Crippen LogP contribution is -2.07. The lowest BCUT2D eigenvalue weighted by atomic mass is 10.1. The molecule has 20 heavy (non-hydrogen) atoms. The van der Waals surface area contributed by atoms with E-state index in [1.54, 1.807) is 18.2 Å². The van der Waals surface area contributed by atoms with Crippen LogP contribution in [0.2, 0.25) is 5.02 Å². The van der Waals surface area contributed by atoms with Crippen LogP contribution in [-0.4, -0.2) is 13.1 Å². The van der Waals surface area contributed by atoms with Gasteiger partial charge in [0.2, 0.25) is 0 Å². The summed E-state index contributed by atoms with van der Waals surface area (Å²) in [4.78, 5) is 11.7. The second-order valence-corrected chi connectivity index (χ2v) is 4.43. The fourth-order valence-corrected chi connectivity index (χ4v) is 1.87. The van der Waals surface area contributed by atoms with Gasteiger partial charge in [-0.1, -0.05) is 17.7 Å². The average molecular weight is 295 g/mol. The molecule has 0 spiro atoms. The number of esters is 1. The summed E-state index contributed by atoms with van der Waals surface area (Å²) in [5, 5.41) is 2.80. The minimum Gasteiger partial charge on any atom is -0.465 e. The number of rotatable bonds is 3. The summed E-state index contributed by atoms with van der Waals surface area (Å²) in [6.45, 7) is 0. The van der Waals surface area contributed by atoms with Gasteiger partial charge in [-0.05, 0) is 30.3 Å². The van der Waals surface area contributed by atoms with Crippen LogP contribution in [0.3, 0.4) is 0 Å². The molecule has 0 radical (unpaired) electrons. The Morgan fingerprint density at radius 3 is 2.75 bits per heavy atom. The number of halogens is 2. The van der Waals surface area contributed by atoms with E-state index in [2.05, 4.69) is 10.1 Å². The molecule has 0 aliphatic carbocycles. The van der Waals surface area contributed by atoms with Gasteiger partial charge in [-0.2, -0.15) is 0 Å². The van der Waals surface area contributed by atoms with Crippen molar-refractivity contribution in [1.82, 2.24) is 0 Å². The molecule has 0 amide bonds. The van der Waals surface area contributed by atoms with Crippen LogP contribution in [0.4, 0.5) is 21.5 Å². The number of nitrogens with two attached hydrogens (primary N) is 1. The van der Waals surface area contributed by atoms with Gasteiger partial charge < -0.3 is 15.8 Å². The van der Waals surface area contributed by atoms with Crippen LogP contribution in [0.5, 0.6) is 0 Å². The fraction of sp³-hybridized carbons (Fsp3) is 0.0714. The predicted octanol–water partition coefficient (Wildman–Crippen LogP) is 3.59. The molecule has 104 valence electrons.